The highest BCUT2D eigenvalue weighted by molar-refractivity contribution is 7.89. The number of sulfonamides is 1. The molecule has 0 amide bonds. The highest BCUT2D eigenvalue weighted by atomic mass is 32.2. The van der Waals surface area contributed by atoms with Gasteiger partial charge < -0.3 is 9.47 Å². The van der Waals surface area contributed by atoms with Crippen LogP contribution in [0.2, 0.25) is 0 Å². The molecule has 1 aliphatic rings. The highest BCUT2D eigenvalue weighted by Gasteiger charge is 2.30. The number of hydrogen-bond donors (Lipinski definition) is 0. The quantitative estimate of drug-likeness (QED) is 0.691. The van der Waals surface area contributed by atoms with Crippen molar-refractivity contribution in [2.75, 3.05) is 27.3 Å². The number of methoxy groups -OCH3 is 2. The van der Waals surface area contributed by atoms with Crippen molar-refractivity contribution < 1.29 is 17.9 Å². The molecule has 1 saturated heterocycles. The normalized spacial score (nSPS) is 15.6. The maximum atomic E-state index is 12.9. The zero-order valence-electron chi connectivity index (χ0n) is 16.8. The Morgan fingerprint density at radius 1 is 1.07 bits per heavy atom. The standard InChI is InChI=1S/C22H26N2O4S/c1-27-20-13-18(14-21(15-20)28-2)8-7-17-9-11-24(12-10-17)29(25,26)22-6-4-3-5-19(22)16-23/h3-6,13-15,17H,7-12H2,1-2H3. The first-order valence-corrected chi connectivity index (χ1v) is 11.1. The van der Waals surface area contributed by atoms with Gasteiger partial charge in [-0.2, -0.15) is 9.57 Å². The minimum absolute atomic E-state index is 0.101. The molecule has 3 rings (SSSR count). The van der Waals surface area contributed by atoms with Gasteiger partial charge >= 0.3 is 0 Å². The molecule has 0 saturated carbocycles. The molecule has 1 heterocycles. The second-order valence-corrected chi connectivity index (χ2v) is 9.12. The van der Waals surface area contributed by atoms with Gasteiger partial charge in [-0.1, -0.05) is 12.1 Å². The van der Waals surface area contributed by atoms with Gasteiger partial charge in [-0.3, -0.25) is 0 Å². The molecular weight excluding hydrogens is 388 g/mol. The Morgan fingerprint density at radius 2 is 1.69 bits per heavy atom. The molecule has 6 nitrogen and oxygen atoms in total. The van der Waals surface area contributed by atoms with Crippen LogP contribution in [0.15, 0.2) is 47.4 Å². The zero-order chi connectivity index (χ0) is 20.9. The molecule has 1 fully saturated rings. The van der Waals surface area contributed by atoms with E-state index >= 15 is 0 Å². The van der Waals surface area contributed by atoms with Crippen molar-refractivity contribution in [3.05, 3.63) is 53.6 Å². The molecule has 0 atom stereocenters. The lowest BCUT2D eigenvalue weighted by molar-refractivity contribution is 0.263. The fraction of sp³-hybridized carbons (Fsp3) is 0.409. The van der Waals surface area contributed by atoms with Gasteiger partial charge in [0.2, 0.25) is 10.0 Å². The van der Waals surface area contributed by atoms with Gasteiger partial charge in [-0.15, -0.1) is 0 Å². The van der Waals surface area contributed by atoms with Crippen molar-refractivity contribution in [2.24, 2.45) is 5.92 Å². The summed E-state index contributed by atoms with van der Waals surface area (Å²) in [6.45, 7) is 0.961. The van der Waals surface area contributed by atoms with Crippen LogP contribution >= 0.6 is 0 Å². The van der Waals surface area contributed by atoms with Crippen molar-refractivity contribution in [3.63, 3.8) is 0 Å². The fourth-order valence-corrected chi connectivity index (χ4v) is 5.35. The maximum Gasteiger partial charge on any atom is 0.244 e. The first-order chi connectivity index (χ1) is 14.0. The SMILES string of the molecule is COc1cc(CCC2CCN(S(=O)(=O)c3ccccc3C#N)CC2)cc(OC)c1. The van der Waals surface area contributed by atoms with Gasteiger partial charge in [0.05, 0.1) is 24.7 Å². The molecule has 7 heteroatoms. The monoisotopic (exact) mass is 414 g/mol. The molecule has 0 bridgehead atoms. The summed E-state index contributed by atoms with van der Waals surface area (Å²) in [4.78, 5) is 0.101. The van der Waals surface area contributed by atoms with E-state index < -0.39 is 10.0 Å². The number of ether oxygens (including phenoxy) is 2. The molecular formula is C22H26N2O4S. The van der Waals surface area contributed by atoms with Gasteiger partial charge in [0, 0.05) is 19.2 Å². The number of nitriles is 1. The van der Waals surface area contributed by atoms with Crippen molar-refractivity contribution in [3.8, 4) is 17.6 Å². The highest BCUT2D eigenvalue weighted by Crippen LogP contribution is 2.29. The van der Waals surface area contributed by atoms with Crippen molar-refractivity contribution >= 4 is 10.0 Å². The van der Waals surface area contributed by atoms with Crippen LogP contribution in [0.4, 0.5) is 0 Å². The predicted molar refractivity (Wildman–Crippen MR) is 111 cm³/mol. The second kappa shape index (κ2) is 9.29. The minimum atomic E-state index is -3.64. The van der Waals surface area contributed by atoms with E-state index in [1.807, 2.05) is 24.3 Å². The van der Waals surface area contributed by atoms with E-state index in [1.54, 1.807) is 32.4 Å². The van der Waals surface area contributed by atoms with Gasteiger partial charge in [0.15, 0.2) is 0 Å². The minimum Gasteiger partial charge on any atom is -0.497 e. The molecule has 0 aromatic heterocycles. The molecule has 2 aromatic rings. The van der Waals surface area contributed by atoms with E-state index in [9.17, 15) is 13.7 Å². The summed E-state index contributed by atoms with van der Waals surface area (Å²) in [7, 11) is -0.359. The molecule has 1 aliphatic heterocycles. The molecule has 0 radical (unpaired) electrons. The predicted octanol–water partition coefficient (Wildman–Crippen LogP) is 3.61. The summed E-state index contributed by atoms with van der Waals surface area (Å²) < 4.78 is 38.0. The van der Waals surface area contributed by atoms with E-state index in [0.29, 0.717) is 19.0 Å². The third kappa shape index (κ3) is 4.89. The molecule has 0 aliphatic carbocycles. The Balaban J connectivity index is 1.60. The van der Waals surface area contributed by atoms with Crippen molar-refractivity contribution in [1.82, 2.24) is 4.31 Å². The lowest BCUT2D eigenvalue weighted by atomic mass is 9.91. The van der Waals surface area contributed by atoms with Crippen LogP contribution in [0.3, 0.4) is 0 Å². The summed E-state index contributed by atoms with van der Waals surface area (Å²) in [6.07, 6.45) is 3.51. The summed E-state index contributed by atoms with van der Waals surface area (Å²) >= 11 is 0. The third-order valence-electron chi connectivity index (χ3n) is 5.45. The Hall–Kier alpha value is -2.56. The Bertz CT molecular complexity index is 968. The van der Waals surface area contributed by atoms with Crippen LogP contribution in [0.1, 0.15) is 30.4 Å². The van der Waals surface area contributed by atoms with Gasteiger partial charge in [-0.25, -0.2) is 8.42 Å². The molecule has 0 unspecified atom stereocenters. The Labute approximate surface area is 172 Å². The van der Waals surface area contributed by atoms with E-state index in [1.165, 1.54) is 10.4 Å². The van der Waals surface area contributed by atoms with Crippen LogP contribution in [0.5, 0.6) is 11.5 Å². The third-order valence-corrected chi connectivity index (χ3v) is 7.41. The summed E-state index contributed by atoms with van der Waals surface area (Å²) in [5.74, 6) is 2.01. The lowest BCUT2D eigenvalue weighted by Crippen LogP contribution is -2.38. The van der Waals surface area contributed by atoms with Crippen LogP contribution in [0.25, 0.3) is 0 Å². The summed E-state index contributed by atoms with van der Waals surface area (Å²) in [5.41, 5.74) is 1.35. The number of benzene rings is 2. The topological polar surface area (TPSA) is 79.6 Å². The molecule has 29 heavy (non-hydrogen) atoms. The molecule has 0 N–H and O–H groups in total. The van der Waals surface area contributed by atoms with Gasteiger partial charge in [0.25, 0.3) is 0 Å². The van der Waals surface area contributed by atoms with Crippen LogP contribution < -0.4 is 9.47 Å². The number of aryl methyl sites for hydroxylation is 1. The van der Waals surface area contributed by atoms with Gasteiger partial charge in [0.1, 0.15) is 17.6 Å². The first-order valence-electron chi connectivity index (χ1n) is 9.69. The number of piperidine rings is 1. The van der Waals surface area contributed by atoms with Crippen LogP contribution in [-0.2, 0) is 16.4 Å². The van der Waals surface area contributed by atoms with E-state index in [-0.39, 0.29) is 10.5 Å². The average molecular weight is 415 g/mol. The largest absolute Gasteiger partial charge is 0.497 e. The Morgan fingerprint density at radius 3 is 2.28 bits per heavy atom. The average Bonchev–Trinajstić information content (AvgIpc) is 2.77. The second-order valence-electron chi connectivity index (χ2n) is 7.22. The number of nitrogens with zero attached hydrogens (tertiary/aromatic N) is 2. The van der Waals surface area contributed by atoms with Crippen LogP contribution in [0, 0.1) is 17.2 Å². The van der Waals surface area contributed by atoms with E-state index in [2.05, 4.69) is 0 Å². The van der Waals surface area contributed by atoms with E-state index in [0.717, 1.165) is 42.7 Å². The fourth-order valence-electron chi connectivity index (χ4n) is 3.74. The first kappa shape index (κ1) is 21.2. The smallest absolute Gasteiger partial charge is 0.244 e. The summed E-state index contributed by atoms with van der Waals surface area (Å²) in [5, 5.41) is 9.22. The summed E-state index contributed by atoms with van der Waals surface area (Å²) in [6, 6.07) is 14.3. The maximum absolute atomic E-state index is 12.9. The van der Waals surface area contributed by atoms with E-state index in [4.69, 9.17) is 9.47 Å². The lowest BCUT2D eigenvalue weighted by Gasteiger charge is -2.31. The van der Waals surface area contributed by atoms with Crippen LogP contribution in [-0.4, -0.2) is 40.0 Å². The van der Waals surface area contributed by atoms with Gasteiger partial charge in [-0.05, 0) is 61.4 Å². The van der Waals surface area contributed by atoms with Crippen molar-refractivity contribution in [1.29, 1.82) is 5.26 Å². The number of hydrogen-bond acceptors (Lipinski definition) is 5. The molecule has 154 valence electrons. The Kier molecular flexibility index (Phi) is 6.78. The number of rotatable bonds is 7. The van der Waals surface area contributed by atoms with Crippen molar-refractivity contribution in [2.45, 2.75) is 30.6 Å². The molecule has 2 aromatic carbocycles. The molecule has 0 spiro atoms. The zero-order valence-corrected chi connectivity index (χ0v) is 17.6.